The van der Waals surface area contributed by atoms with Crippen LogP contribution in [0.25, 0.3) is 10.4 Å². The molecule has 0 spiro atoms. The van der Waals surface area contributed by atoms with Crippen LogP contribution in [0.15, 0.2) is 60.0 Å². The number of nitrogens with zero attached hydrogens (tertiary/aromatic N) is 2. The molecule has 3 N–H and O–H groups in total. The number of carbonyl (C=O) groups is 2. The fourth-order valence-electron chi connectivity index (χ4n) is 4.12. The molecule has 3 aromatic heterocycles. The lowest BCUT2D eigenvalue weighted by molar-refractivity contribution is -0.112. The highest BCUT2D eigenvalue weighted by Gasteiger charge is 2.25. The van der Waals surface area contributed by atoms with E-state index < -0.39 is 11.7 Å². The Morgan fingerprint density at radius 3 is 2.42 bits per heavy atom. The van der Waals surface area contributed by atoms with Crippen molar-refractivity contribution < 1.29 is 9.59 Å². The number of nitrogens with one attached hydrogen (secondary N) is 3. The van der Waals surface area contributed by atoms with Gasteiger partial charge >= 0.3 is 0 Å². The molecule has 0 saturated carbocycles. The Labute approximate surface area is 215 Å². The van der Waals surface area contributed by atoms with Gasteiger partial charge in [0.15, 0.2) is 0 Å². The topological polar surface area (TPSA) is 88.1 Å². The number of benzene rings is 1. The molecule has 0 atom stereocenters. The summed E-state index contributed by atoms with van der Waals surface area (Å²) in [5, 5.41) is 11.4. The van der Waals surface area contributed by atoms with E-state index in [1.54, 1.807) is 35.1 Å². The average Bonchev–Trinajstić information content (AvgIpc) is 3.47. The number of rotatable bonds is 10. The van der Waals surface area contributed by atoms with Crippen molar-refractivity contribution in [1.82, 2.24) is 14.9 Å². The van der Waals surface area contributed by atoms with Crippen molar-refractivity contribution in [2.75, 3.05) is 23.7 Å². The summed E-state index contributed by atoms with van der Waals surface area (Å²) in [7, 11) is 1.81. The van der Waals surface area contributed by atoms with Gasteiger partial charge in [-0.3, -0.25) is 14.6 Å². The first kappa shape index (κ1) is 25.3. The number of thiophene rings is 1. The lowest BCUT2D eigenvalue weighted by atomic mass is 10.1. The molecule has 186 valence electrons. The molecule has 4 rings (SSSR count). The fourth-order valence-corrected chi connectivity index (χ4v) is 4.86. The Morgan fingerprint density at radius 1 is 0.972 bits per heavy atom. The number of ketones is 1. The number of carbonyl (C=O) groups excluding carboxylic acids is 2. The molecule has 0 aliphatic rings. The molecule has 1 aromatic carbocycles. The van der Waals surface area contributed by atoms with Gasteiger partial charge < -0.3 is 20.5 Å². The minimum absolute atomic E-state index is 0.397. The first-order valence-electron chi connectivity index (χ1n) is 11.9. The molecule has 0 radical (unpaired) electrons. The summed E-state index contributed by atoms with van der Waals surface area (Å²) in [5.74, 6) is -1.21. The standard InChI is InChI=1S/C28H31N5O2S/c1-18-14-19(2)31-23(15-18)17-29-11-12-30-21-7-9-22(10-8-21)32-28(35)27(34)26-24(16-20(3)33(26)4)25-6-5-13-36-25/h5-10,13-16,29-30H,11-12,17H2,1-4H3,(H,32,35). The molecule has 4 aromatic rings. The Kier molecular flexibility index (Phi) is 7.97. The summed E-state index contributed by atoms with van der Waals surface area (Å²) in [6.45, 7) is 8.25. The molecule has 3 heterocycles. The van der Waals surface area contributed by atoms with Crippen molar-refractivity contribution in [3.05, 3.63) is 88.3 Å². The maximum Gasteiger partial charge on any atom is 0.298 e. The first-order valence-corrected chi connectivity index (χ1v) is 12.7. The minimum atomic E-state index is -0.654. The molecule has 0 fully saturated rings. The van der Waals surface area contributed by atoms with E-state index in [1.807, 2.05) is 49.6 Å². The largest absolute Gasteiger partial charge is 0.384 e. The van der Waals surface area contributed by atoms with Crippen LogP contribution in [-0.4, -0.2) is 34.3 Å². The molecule has 0 aliphatic heterocycles. The number of hydrogen-bond acceptors (Lipinski definition) is 6. The summed E-state index contributed by atoms with van der Waals surface area (Å²) in [4.78, 5) is 31.3. The molecular weight excluding hydrogens is 470 g/mol. The second-order valence-corrected chi connectivity index (χ2v) is 9.77. The van der Waals surface area contributed by atoms with Crippen LogP contribution in [0.2, 0.25) is 0 Å². The quantitative estimate of drug-likeness (QED) is 0.160. The van der Waals surface area contributed by atoms with Gasteiger partial charge in [-0.2, -0.15) is 0 Å². The van der Waals surface area contributed by atoms with Gasteiger partial charge in [0.25, 0.3) is 11.7 Å². The van der Waals surface area contributed by atoms with Gasteiger partial charge in [0, 0.05) is 59.9 Å². The highest BCUT2D eigenvalue weighted by molar-refractivity contribution is 7.13. The smallest absolute Gasteiger partial charge is 0.298 e. The van der Waals surface area contributed by atoms with Gasteiger partial charge in [0.05, 0.1) is 5.69 Å². The molecule has 0 bridgehead atoms. The number of aryl methyl sites for hydroxylation is 3. The van der Waals surface area contributed by atoms with Crippen LogP contribution in [0.5, 0.6) is 0 Å². The SMILES string of the molecule is Cc1cc(C)nc(CNCCNc2ccc(NC(=O)C(=O)c3c(-c4cccs4)cc(C)n3C)cc2)c1. The number of aromatic nitrogens is 2. The lowest BCUT2D eigenvalue weighted by Crippen LogP contribution is -2.25. The third-order valence-electron chi connectivity index (χ3n) is 5.91. The predicted molar refractivity (Wildman–Crippen MR) is 147 cm³/mol. The number of Topliss-reactive ketones (excluding diaryl/α,β-unsaturated/α-hetero) is 1. The molecule has 1 amide bonds. The van der Waals surface area contributed by atoms with Crippen LogP contribution in [0.1, 0.15) is 33.1 Å². The van der Waals surface area contributed by atoms with Crippen LogP contribution in [0.4, 0.5) is 11.4 Å². The minimum Gasteiger partial charge on any atom is -0.384 e. The number of anilines is 2. The molecule has 0 aliphatic carbocycles. The van der Waals surface area contributed by atoms with E-state index in [2.05, 4.69) is 40.0 Å². The van der Waals surface area contributed by atoms with E-state index in [-0.39, 0.29) is 0 Å². The van der Waals surface area contributed by atoms with Crippen LogP contribution in [0.3, 0.4) is 0 Å². The van der Waals surface area contributed by atoms with Crippen molar-refractivity contribution in [1.29, 1.82) is 0 Å². The van der Waals surface area contributed by atoms with Gasteiger partial charge in [0.1, 0.15) is 5.69 Å². The Hall–Kier alpha value is -3.75. The summed E-state index contributed by atoms with van der Waals surface area (Å²) >= 11 is 1.54. The highest BCUT2D eigenvalue weighted by atomic mass is 32.1. The van der Waals surface area contributed by atoms with Crippen LogP contribution in [-0.2, 0) is 18.4 Å². The monoisotopic (exact) mass is 501 g/mol. The fraction of sp³-hybridized carbons (Fsp3) is 0.250. The summed E-state index contributed by atoms with van der Waals surface area (Å²) in [6, 6.07) is 17.3. The molecule has 0 unspecified atom stereocenters. The maximum atomic E-state index is 13.1. The summed E-state index contributed by atoms with van der Waals surface area (Å²) in [6.07, 6.45) is 0. The average molecular weight is 502 g/mol. The third kappa shape index (κ3) is 6.08. The van der Waals surface area contributed by atoms with Crippen LogP contribution in [0, 0.1) is 20.8 Å². The summed E-state index contributed by atoms with van der Waals surface area (Å²) in [5.41, 5.74) is 6.89. The maximum absolute atomic E-state index is 13.1. The predicted octanol–water partition coefficient (Wildman–Crippen LogP) is 5.10. The third-order valence-corrected chi connectivity index (χ3v) is 6.81. The van der Waals surface area contributed by atoms with E-state index in [0.29, 0.717) is 11.4 Å². The van der Waals surface area contributed by atoms with Crippen molar-refractivity contribution >= 4 is 34.4 Å². The Bertz CT molecular complexity index is 1340. The van der Waals surface area contributed by atoms with Gasteiger partial charge in [-0.1, -0.05) is 6.07 Å². The highest BCUT2D eigenvalue weighted by Crippen LogP contribution is 2.31. The second-order valence-electron chi connectivity index (χ2n) is 8.83. The van der Waals surface area contributed by atoms with Gasteiger partial charge in [-0.05, 0) is 80.2 Å². The summed E-state index contributed by atoms with van der Waals surface area (Å²) < 4.78 is 1.77. The van der Waals surface area contributed by atoms with E-state index in [0.717, 1.165) is 52.8 Å². The van der Waals surface area contributed by atoms with Crippen LogP contribution >= 0.6 is 11.3 Å². The van der Waals surface area contributed by atoms with E-state index in [9.17, 15) is 9.59 Å². The molecule has 7 nitrogen and oxygen atoms in total. The van der Waals surface area contributed by atoms with E-state index in [1.165, 1.54) is 5.56 Å². The van der Waals surface area contributed by atoms with Crippen molar-refractivity contribution in [3.8, 4) is 10.4 Å². The molecule has 8 heteroatoms. The van der Waals surface area contributed by atoms with Crippen molar-refractivity contribution in [2.24, 2.45) is 7.05 Å². The number of hydrogen-bond donors (Lipinski definition) is 3. The Balaban J connectivity index is 1.29. The van der Waals surface area contributed by atoms with Crippen LogP contribution < -0.4 is 16.0 Å². The van der Waals surface area contributed by atoms with E-state index in [4.69, 9.17) is 0 Å². The van der Waals surface area contributed by atoms with Crippen molar-refractivity contribution in [2.45, 2.75) is 27.3 Å². The molecular formula is C28H31N5O2S. The number of amides is 1. The Morgan fingerprint density at radius 2 is 1.72 bits per heavy atom. The number of pyridine rings is 1. The molecule has 0 saturated heterocycles. The van der Waals surface area contributed by atoms with Gasteiger partial charge in [-0.15, -0.1) is 11.3 Å². The van der Waals surface area contributed by atoms with E-state index >= 15 is 0 Å². The molecule has 36 heavy (non-hydrogen) atoms. The van der Waals surface area contributed by atoms with Gasteiger partial charge in [-0.25, -0.2) is 0 Å². The van der Waals surface area contributed by atoms with Crippen molar-refractivity contribution in [3.63, 3.8) is 0 Å². The first-order chi connectivity index (χ1) is 17.3. The lowest BCUT2D eigenvalue weighted by Gasteiger charge is -2.10. The normalized spacial score (nSPS) is 10.9. The zero-order chi connectivity index (χ0) is 25.7. The zero-order valence-electron chi connectivity index (χ0n) is 21.0. The van der Waals surface area contributed by atoms with Gasteiger partial charge in [0.2, 0.25) is 0 Å². The zero-order valence-corrected chi connectivity index (χ0v) is 21.8. The second kappa shape index (κ2) is 11.3.